The molecule has 0 aliphatic carbocycles. The zero-order chi connectivity index (χ0) is 11.9. The molecule has 3 nitrogen and oxygen atoms in total. The standard InChI is InChI=1S/C10H6BrF2NO2/c11-1-2-14-8-6(9(15)10(14)16)3-5(12)4-7(8)13/h3-4H,1-2H2. The highest BCUT2D eigenvalue weighted by atomic mass is 79.9. The third-order valence-corrected chi connectivity index (χ3v) is 2.64. The zero-order valence-electron chi connectivity index (χ0n) is 7.97. The summed E-state index contributed by atoms with van der Waals surface area (Å²) in [5.41, 5.74) is -0.334. The van der Waals surface area contributed by atoms with Gasteiger partial charge < -0.3 is 4.90 Å². The number of carbonyl (C=O) groups is 2. The van der Waals surface area contributed by atoms with Crippen LogP contribution in [0.15, 0.2) is 12.1 Å². The van der Waals surface area contributed by atoms with Crippen molar-refractivity contribution in [2.24, 2.45) is 0 Å². The van der Waals surface area contributed by atoms with Crippen molar-refractivity contribution in [3.63, 3.8) is 0 Å². The molecule has 0 aromatic heterocycles. The van der Waals surface area contributed by atoms with E-state index in [-0.39, 0.29) is 17.8 Å². The third-order valence-electron chi connectivity index (χ3n) is 2.29. The number of halogens is 3. The number of hydrogen-bond acceptors (Lipinski definition) is 2. The lowest BCUT2D eigenvalue weighted by Crippen LogP contribution is -2.31. The maximum Gasteiger partial charge on any atom is 0.299 e. The van der Waals surface area contributed by atoms with E-state index in [0.717, 1.165) is 11.0 Å². The first kappa shape index (κ1) is 11.2. The van der Waals surface area contributed by atoms with Crippen molar-refractivity contribution in [3.8, 4) is 0 Å². The Labute approximate surface area is 98.2 Å². The molecule has 1 amide bonds. The third kappa shape index (κ3) is 1.53. The van der Waals surface area contributed by atoms with Gasteiger partial charge in [-0.15, -0.1) is 0 Å². The molecule has 0 saturated heterocycles. The summed E-state index contributed by atoms with van der Waals surface area (Å²) >= 11 is 3.10. The first-order valence-electron chi connectivity index (χ1n) is 4.47. The highest BCUT2D eigenvalue weighted by Crippen LogP contribution is 2.32. The van der Waals surface area contributed by atoms with Gasteiger partial charge in [-0.1, -0.05) is 15.9 Å². The highest BCUT2D eigenvalue weighted by molar-refractivity contribution is 9.09. The molecule has 0 fully saturated rings. The molecule has 1 aliphatic rings. The van der Waals surface area contributed by atoms with Crippen LogP contribution in [0, 0.1) is 11.6 Å². The fourth-order valence-electron chi connectivity index (χ4n) is 1.65. The second kappa shape index (κ2) is 3.93. The van der Waals surface area contributed by atoms with Gasteiger partial charge in [0, 0.05) is 17.9 Å². The maximum atomic E-state index is 13.5. The Kier molecular flexibility index (Phi) is 2.75. The lowest BCUT2D eigenvalue weighted by Gasteiger charge is -2.15. The first-order chi connectivity index (χ1) is 7.56. The van der Waals surface area contributed by atoms with Gasteiger partial charge in [-0.25, -0.2) is 8.78 Å². The molecule has 1 aromatic rings. The predicted octanol–water partition coefficient (Wildman–Crippen LogP) is 1.89. The van der Waals surface area contributed by atoms with Crippen LogP contribution in [0.25, 0.3) is 0 Å². The number of anilines is 1. The smallest absolute Gasteiger partial charge is 0.299 e. The van der Waals surface area contributed by atoms with Crippen LogP contribution in [0.4, 0.5) is 14.5 Å². The molecule has 0 unspecified atom stereocenters. The summed E-state index contributed by atoms with van der Waals surface area (Å²) in [5.74, 6) is -3.44. The van der Waals surface area contributed by atoms with Crippen molar-refractivity contribution in [3.05, 3.63) is 29.3 Å². The van der Waals surface area contributed by atoms with Crippen molar-refractivity contribution in [2.75, 3.05) is 16.8 Å². The van der Waals surface area contributed by atoms with Crippen molar-refractivity contribution in [1.29, 1.82) is 0 Å². The Morgan fingerprint density at radius 1 is 1.25 bits per heavy atom. The normalized spacial score (nSPS) is 14.6. The van der Waals surface area contributed by atoms with Crippen LogP contribution < -0.4 is 4.90 Å². The van der Waals surface area contributed by atoms with Crippen LogP contribution in [0.2, 0.25) is 0 Å². The average molecular weight is 290 g/mol. The fourth-order valence-corrected chi connectivity index (χ4v) is 2.01. The zero-order valence-corrected chi connectivity index (χ0v) is 9.55. The van der Waals surface area contributed by atoms with Crippen molar-refractivity contribution < 1.29 is 18.4 Å². The summed E-state index contributed by atoms with van der Waals surface area (Å²) in [6, 6.07) is 1.54. The quantitative estimate of drug-likeness (QED) is 0.616. The molecule has 1 heterocycles. The molecule has 1 aromatic carbocycles. The Hall–Kier alpha value is -1.30. The second-order valence-electron chi connectivity index (χ2n) is 3.26. The number of amides is 1. The summed E-state index contributed by atoms with van der Waals surface area (Å²) < 4.78 is 26.4. The van der Waals surface area contributed by atoms with E-state index in [1.807, 2.05) is 0 Å². The van der Waals surface area contributed by atoms with Gasteiger partial charge in [-0.3, -0.25) is 9.59 Å². The molecule has 2 rings (SSSR count). The van der Waals surface area contributed by atoms with Crippen LogP contribution >= 0.6 is 15.9 Å². The second-order valence-corrected chi connectivity index (χ2v) is 4.05. The van der Waals surface area contributed by atoms with Gasteiger partial charge in [0.05, 0.1) is 11.3 Å². The molecular weight excluding hydrogens is 284 g/mol. The Bertz CT molecular complexity index is 490. The highest BCUT2D eigenvalue weighted by Gasteiger charge is 2.38. The molecule has 16 heavy (non-hydrogen) atoms. The van der Waals surface area contributed by atoms with Gasteiger partial charge in [0.15, 0.2) is 5.82 Å². The molecule has 84 valence electrons. The van der Waals surface area contributed by atoms with E-state index in [1.165, 1.54) is 0 Å². The monoisotopic (exact) mass is 289 g/mol. The van der Waals surface area contributed by atoms with Crippen molar-refractivity contribution in [1.82, 2.24) is 0 Å². The fraction of sp³-hybridized carbons (Fsp3) is 0.200. The SMILES string of the molecule is O=C1C(=O)N(CCBr)c2c(F)cc(F)cc21. The average Bonchev–Trinajstić information content (AvgIpc) is 2.44. The van der Waals surface area contributed by atoms with Crippen LogP contribution in [-0.4, -0.2) is 23.6 Å². The topological polar surface area (TPSA) is 37.4 Å². The minimum Gasteiger partial charge on any atom is -0.301 e. The summed E-state index contributed by atoms with van der Waals surface area (Å²) in [7, 11) is 0. The van der Waals surface area contributed by atoms with Crippen molar-refractivity contribution in [2.45, 2.75) is 0 Å². The summed E-state index contributed by atoms with van der Waals surface area (Å²) in [5, 5.41) is 0.405. The Balaban J connectivity index is 2.60. The number of alkyl halides is 1. The number of carbonyl (C=O) groups excluding carboxylic acids is 2. The van der Waals surface area contributed by atoms with E-state index in [1.54, 1.807) is 0 Å². The van der Waals surface area contributed by atoms with Crippen LogP contribution in [-0.2, 0) is 4.79 Å². The molecule has 0 N–H and O–H groups in total. The maximum absolute atomic E-state index is 13.5. The van der Waals surface area contributed by atoms with Gasteiger partial charge >= 0.3 is 0 Å². The molecule has 6 heteroatoms. The Morgan fingerprint density at radius 2 is 1.94 bits per heavy atom. The van der Waals surface area contributed by atoms with Gasteiger partial charge in [0.25, 0.3) is 11.7 Å². The van der Waals surface area contributed by atoms with E-state index in [4.69, 9.17) is 0 Å². The lowest BCUT2D eigenvalue weighted by atomic mass is 10.1. The number of ketones is 1. The minimum atomic E-state index is -0.893. The summed E-state index contributed by atoms with van der Waals surface area (Å²) in [6.07, 6.45) is 0. The summed E-state index contributed by atoms with van der Waals surface area (Å²) in [4.78, 5) is 23.9. The predicted molar refractivity (Wildman–Crippen MR) is 56.8 cm³/mol. The lowest BCUT2D eigenvalue weighted by molar-refractivity contribution is -0.114. The number of hydrogen-bond donors (Lipinski definition) is 0. The van der Waals surface area contributed by atoms with E-state index in [2.05, 4.69) is 15.9 Å². The van der Waals surface area contributed by atoms with Crippen LogP contribution in [0.3, 0.4) is 0 Å². The van der Waals surface area contributed by atoms with Gasteiger partial charge in [0.2, 0.25) is 0 Å². The molecule has 0 saturated carbocycles. The first-order valence-corrected chi connectivity index (χ1v) is 5.59. The molecular formula is C10H6BrF2NO2. The molecule has 0 spiro atoms. The van der Waals surface area contributed by atoms with Crippen LogP contribution in [0.1, 0.15) is 10.4 Å². The van der Waals surface area contributed by atoms with E-state index in [9.17, 15) is 18.4 Å². The number of Topliss-reactive ketones (excluding diaryl/α,β-unsaturated/α-hetero) is 1. The van der Waals surface area contributed by atoms with E-state index in [0.29, 0.717) is 11.4 Å². The molecule has 0 bridgehead atoms. The number of benzene rings is 1. The Morgan fingerprint density at radius 3 is 2.56 bits per heavy atom. The summed E-state index contributed by atoms with van der Waals surface area (Å²) in [6.45, 7) is 0.167. The minimum absolute atomic E-state index is 0.129. The van der Waals surface area contributed by atoms with Gasteiger partial charge in [-0.2, -0.15) is 0 Å². The number of nitrogens with zero attached hydrogens (tertiary/aromatic N) is 1. The molecule has 1 aliphatic heterocycles. The van der Waals surface area contributed by atoms with Crippen molar-refractivity contribution >= 4 is 33.3 Å². The number of fused-ring (bicyclic) bond motifs is 1. The van der Waals surface area contributed by atoms with E-state index >= 15 is 0 Å². The van der Waals surface area contributed by atoms with E-state index < -0.39 is 23.3 Å². The van der Waals surface area contributed by atoms with Crippen LogP contribution in [0.5, 0.6) is 0 Å². The van der Waals surface area contributed by atoms with Gasteiger partial charge in [0.1, 0.15) is 5.82 Å². The molecule has 0 atom stereocenters. The number of rotatable bonds is 2. The van der Waals surface area contributed by atoms with Gasteiger partial charge in [-0.05, 0) is 6.07 Å². The largest absolute Gasteiger partial charge is 0.301 e. The molecule has 0 radical (unpaired) electrons.